The Balaban J connectivity index is 0.000000189. The van der Waals surface area contributed by atoms with E-state index in [1.165, 1.54) is 17.5 Å². The number of carbonyl (C=O) groups excluding carboxylic acids is 2. The van der Waals surface area contributed by atoms with Crippen LogP contribution in [0, 0.1) is 0 Å². The number of amides is 2. The van der Waals surface area contributed by atoms with E-state index in [0.29, 0.717) is 5.56 Å². The number of piperidine rings is 1. The largest absolute Gasteiger partial charge is 0.480 e. The molecule has 7 nitrogen and oxygen atoms in total. The van der Waals surface area contributed by atoms with Crippen LogP contribution in [0.2, 0.25) is 0 Å². The van der Waals surface area contributed by atoms with Gasteiger partial charge in [-0.1, -0.05) is 6.07 Å². The van der Waals surface area contributed by atoms with Crippen molar-refractivity contribution in [2.45, 2.75) is 45.1 Å². The Labute approximate surface area is 153 Å². The number of likely N-dealkylation sites (tertiary alicyclic amines) is 1. The van der Waals surface area contributed by atoms with E-state index in [9.17, 15) is 14.4 Å². The fourth-order valence-electron chi connectivity index (χ4n) is 3.36. The van der Waals surface area contributed by atoms with Crippen LogP contribution in [0.3, 0.4) is 0 Å². The number of fused-ring (bicyclic) bond motifs is 1. The molecule has 1 aliphatic carbocycles. The molecule has 1 fully saturated rings. The molecule has 0 radical (unpaired) electrons. The van der Waals surface area contributed by atoms with Crippen LogP contribution in [-0.2, 0) is 22.4 Å². The van der Waals surface area contributed by atoms with Crippen LogP contribution in [-0.4, -0.2) is 53.5 Å². The molecule has 4 N–H and O–H groups in total. The molecule has 0 bridgehead atoms. The van der Waals surface area contributed by atoms with E-state index in [0.717, 1.165) is 38.8 Å². The maximum absolute atomic E-state index is 11.0. The molecule has 1 saturated heterocycles. The molecule has 3 rings (SSSR count). The Hall–Kier alpha value is -2.41. The standard InChI is InChI=1S/C10H11NO.C9H16N2O3/c11-10(12)9-5-4-7-2-1-3-8(7)6-9;1-7(12)11-4-2-8(3-5-11)10-6-9(13)14/h4-6H,1-3H2,(H2,11,12);8,10H,2-6H2,1H3,(H,13,14). The fraction of sp³-hybridized carbons (Fsp3) is 0.526. The van der Waals surface area contributed by atoms with Crippen molar-refractivity contribution in [1.82, 2.24) is 10.2 Å². The summed E-state index contributed by atoms with van der Waals surface area (Å²) in [6.45, 7) is 3.02. The smallest absolute Gasteiger partial charge is 0.317 e. The van der Waals surface area contributed by atoms with Crippen LogP contribution in [0.4, 0.5) is 0 Å². The van der Waals surface area contributed by atoms with E-state index in [1.54, 1.807) is 11.8 Å². The van der Waals surface area contributed by atoms with E-state index in [4.69, 9.17) is 10.8 Å². The van der Waals surface area contributed by atoms with Crippen LogP contribution >= 0.6 is 0 Å². The topological polar surface area (TPSA) is 113 Å². The van der Waals surface area contributed by atoms with Gasteiger partial charge in [0.1, 0.15) is 0 Å². The molecule has 7 heteroatoms. The van der Waals surface area contributed by atoms with Crippen LogP contribution in [0.1, 0.15) is 47.7 Å². The predicted octanol–water partition coefficient (Wildman–Crippen LogP) is 0.946. The van der Waals surface area contributed by atoms with Crippen molar-refractivity contribution < 1.29 is 19.5 Å². The van der Waals surface area contributed by atoms with Crippen molar-refractivity contribution >= 4 is 17.8 Å². The second-order valence-corrected chi connectivity index (χ2v) is 6.76. The SMILES string of the molecule is CC(=O)N1CCC(NCC(=O)O)CC1.NC(=O)c1ccc2c(c1)CCC2. The molecule has 0 unspecified atom stereocenters. The molecule has 0 saturated carbocycles. The zero-order chi connectivity index (χ0) is 19.1. The van der Waals surface area contributed by atoms with E-state index in [2.05, 4.69) is 5.32 Å². The summed E-state index contributed by atoms with van der Waals surface area (Å²) in [5.74, 6) is -1.06. The van der Waals surface area contributed by atoms with E-state index in [1.807, 2.05) is 18.2 Å². The highest BCUT2D eigenvalue weighted by Crippen LogP contribution is 2.22. The lowest BCUT2D eigenvalue weighted by molar-refractivity contribution is -0.136. The van der Waals surface area contributed by atoms with Crippen LogP contribution in [0.25, 0.3) is 0 Å². The number of benzene rings is 1. The Morgan fingerprint density at radius 2 is 1.85 bits per heavy atom. The molecule has 2 amide bonds. The van der Waals surface area contributed by atoms with Gasteiger partial charge < -0.3 is 21.1 Å². The van der Waals surface area contributed by atoms with Crippen molar-refractivity contribution in [3.05, 3.63) is 34.9 Å². The molecule has 26 heavy (non-hydrogen) atoms. The zero-order valence-electron chi connectivity index (χ0n) is 15.2. The molecule has 1 aliphatic heterocycles. The number of primary amides is 1. The number of hydrogen-bond acceptors (Lipinski definition) is 4. The summed E-state index contributed by atoms with van der Waals surface area (Å²) in [4.78, 5) is 33.9. The third kappa shape index (κ3) is 5.84. The van der Waals surface area contributed by atoms with Crippen LogP contribution < -0.4 is 11.1 Å². The molecular weight excluding hydrogens is 334 g/mol. The Kier molecular flexibility index (Phi) is 7.15. The van der Waals surface area contributed by atoms with Gasteiger partial charge in [-0.2, -0.15) is 0 Å². The number of carboxylic acids is 1. The third-order valence-electron chi connectivity index (χ3n) is 4.87. The fourth-order valence-corrected chi connectivity index (χ4v) is 3.36. The monoisotopic (exact) mass is 361 g/mol. The Morgan fingerprint density at radius 1 is 1.19 bits per heavy atom. The first-order valence-electron chi connectivity index (χ1n) is 8.99. The number of hydrogen-bond donors (Lipinski definition) is 3. The number of rotatable bonds is 4. The highest BCUT2D eigenvalue weighted by atomic mass is 16.4. The van der Waals surface area contributed by atoms with Gasteiger partial charge in [0.05, 0.1) is 6.54 Å². The number of carboxylic acid groups (broad SMARTS) is 1. The highest BCUT2D eigenvalue weighted by Gasteiger charge is 2.20. The van der Waals surface area contributed by atoms with Gasteiger partial charge in [-0.05, 0) is 55.4 Å². The average molecular weight is 361 g/mol. The Bertz CT molecular complexity index is 667. The summed E-state index contributed by atoms with van der Waals surface area (Å²) >= 11 is 0. The average Bonchev–Trinajstić information content (AvgIpc) is 3.08. The molecule has 0 spiro atoms. The molecule has 0 atom stereocenters. The maximum atomic E-state index is 11.0. The number of nitrogens with two attached hydrogens (primary N) is 1. The van der Waals surface area contributed by atoms with Gasteiger partial charge in [0, 0.05) is 31.6 Å². The van der Waals surface area contributed by atoms with Crippen molar-refractivity contribution in [1.29, 1.82) is 0 Å². The first-order chi connectivity index (χ1) is 12.4. The number of nitrogens with one attached hydrogen (secondary N) is 1. The molecular formula is C19H27N3O4. The van der Waals surface area contributed by atoms with Gasteiger partial charge in [0.25, 0.3) is 0 Å². The summed E-state index contributed by atoms with van der Waals surface area (Å²) in [6, 6.07) is 5.99. The first-order valence-corrected chi connectivity index (χ1v) is 8.99. The first kappa shape index (κ1) is 19.9. The van der Waals surface area contributed by atoms with Crippen molar-refractivity contribution in [2.75, 3.05) is 19.6 Å². The summed E-state index contributed by atoms with van der Waals surface area (Å²) in [5, 5.41) is 11.4. The second-order valence-electron chi connectivity index (χ2n) is 6.76. The number of nitrogens with zero attached hydrogens (tertiary/aromatic N) is 1. The van der Waals surface area contributed by atoms with Gasteiger partial charge >= 0.3 is 5.97 Å². The van der Waals surface area contributed by atoms with E-state index in [-0.39, 0.29) is 24.4 Å². The minimum atomic E-state index is -0.834. The summed E-state index contributed by atoms with van der Waals surface area (Å²) in [5.41, 5.74) is 8.48. The second kappa shape index (κ2) is 9.33. The molecule has 1 aromatic rings. The highest BCUT2D eigenvalue weighted by molar-refractivity contribution is 5.93. The van der Waals surface area contributed by atoms with Gasteiger partial charge in [0.2, 0.25) is 11.8 Å². The van der Waals surface area contributed by atoms with Crippen molar-refractivity contribution in [2.24, 2.45) is 5.73 Å². The summed E-state index contributed by atoms with van der Waals surface area (Å²) in [7, 11) is 0. The summed E-state index contributed by atoms with van der Waals surface area (Å²) < 4.78 is 0. The molecule has 1 heterocycles. The quantitative estimate of drug-likeness (QED) is 0.739. The third-order valence-corrected chi connectivity index (χ3v) is 4.87. The lowest BCUT2D eigenvalue weighted by atomic mass is 10.1. The predicted molar refractivity (Wildman–Crippen MR) is 97.9 cm³/mol. The van der Waals surface area contributed by atoms with Gasteiger partial charge in [-0.15, -0.1) is 0 Å². The van der Waals surface area contributed by atoms with Crippen molar-refractivity contribution in [3.63, 3.8) is 0 Å². The maximum Gasteiger partial charge on any atom is 0.317 e. The Morgan fingerprint density at radius 3 is 2.42 bits per heavy atom. The minimum Gasteiger partial charge on any atom is -0.480 e. The molecule has 2 aliphatic rings. The van der Waals surface area contributed by atoms with Gasteiger partial charge in [-0.3, -0.25) is 14.4 Å². The lowest BCUT2D eigenvalue weighted by Crippen LogP contribution is -2.45. The number of aliphatic carboxylic acids is 1. The lowest BCUT2D eigenvalue weighted by Gasteiger charge is -2.31. The van der Waals surface area contributed by atoms with E-state index >= 15 is 0 Å². The van der Waals surface area contributed by atoms with E-state index < -0.39 is 5.97 Å². The van der Waals surface area contributed by atoms with Gasteiger partial charge in [0.15, 0.2) is 0 Å². The molecule has 0 aromatic heterocycles. The minimum absolute atomic E-state index is 0.00470. The zero-order valence-corrected chi connectivity index (χ0v) is 15.2. The van der Waals surface area contributed by atoms with Crippen molar-refractivity contribution in [3.8, 4) is 0 Å². The normalized spacial score (nSPS) is 16.4. The van der Waals surface area contributed by atoms with Crippen LogP contribution in [0.5, 0.6) is 0 Å². The molecule has 142 valence electrons. The summed E-state index contributed by atoms with van der Waals surface area (Å²) in [6.07, 6.45) is 5.13. The molecule has 1 aromatic carbocycles. The number of aryl methyl sites for hydroxylation is 2. The number of carbonyl (C=O) groups is 3. The van der Waals surface area contributed by atoms with Crippen LogP contribution in [0.15, 0.2) is 18.2 Å². The van der Waals surface area contributed by atoms with Gasteiger partial charge in [-0.25, -0.2) is 0 Å².